The second kappa shape index (κ2) is 10.4. The number of hydrogen-bond donors (Lipinski definition) is 1. The van der Waals surface area contributed by atoms with Crippen LogP contribution in [0, 0.1) is 11.7 Å². The molecule has 5 rings (SSSR count). The normalized spacial score (nSPS) is 18.7. The first-order valence-corrected chi connectivity index (χ1v) is 12.3. The summed E-state index contributed by atoms with van der Waals surface area (Å²) < 4.78 is 24.2. The standard InChI is InChI=1S/C29H29FN2O4/c1-2-19-3-6-21(7-4-19)23-14-24(17-32(16-23)29(34)22-8-10-25(30)11-9-22)28(33)31-15-20-5-12-26-27(13-20)36-18-35-26/h3-13,23-24H,2,14-18H2,1H3,(H,31,33)/t23-,24+/m0/s1. The van der Waals surface area contributed by atoms with Crippen molar-refractivity contribution in [3.63, 3.8) is 0 Å². The van der Waals surface area contributed by atoms with Gasteiger partial charge in [0.2, 0.25) is 12.7 Å². The molecule has 3 aromatic rings. The molecule has 0 saturated carbocycles. The minimum Gasteiger partial charge on any atom is -0.454 e. The van der Waals surface area contributed by atoms with Gasteiger partial charge in [-0.1, -0.05) is 37.3 Å². The maximum absolute atomic E-state index is 13.4. The van der Waals surface area contributed by atoms with Crippen molar-refractivity contribution in [2.45, 2.75) is 32.2 Å². The molecule has 1 fully saturated rings. The van der Waals surface area contributed by atoms with Crippen molar-refractivity contribution in [3.8, 4) is 11.5 Å². The fourth-order valence-electron chi connectivity index (χ4n) is 4.88. The minimum absolute atomic E-state index is 0.0235. The van der Waals surface area contributed by atoms with E-state index in [9.17, 15) is 14.0 Å². The minimum atomic E-state index is -0.389. The summed E-state index contributed by atoms with van der Waals surface area (Å²) in [5, 5.41) is 3.03. The van der Waals surface area contributed by atoms with E-state index in [-0.39, 0.29) is 36.3 Å². The van der Waals surface area contributed by atoms with Crippen molar-refractivity contribution < 1.29 is 23.5 Å². The van der Waals surface area contributed by atoms with Crippen molar-refractivity contribution >= 4 is 11.8 Å². The van der Waals surface area contributed by atoms with Gasteiger partial charge in [0, 0.05) is 31.1 Å². The zero-order chi connectivity index (χ0) is 25.1. The molecule has 186 valence electrons. The van der Waals surface area contributed by atoms with Crippen LogP contribution in [0.1, 0.15) is 46.3 Å². The van der Waals surface area contributed by atoms with Gasteiger partial charge in [0.05, 0.1) is 5.92 Å². The fourth-order valence-corrected chi connectivity index (χ4v) is 4.88. The zero-order valence-electron chi connectivity index (χ0n) is 20.2. The highest BCUT2D eigenvalue weighted by Crippen LogP contribution is 2.33. The van der Waals surface area contributed by atoms with Crippen LogP contribution < -0.4 is 14.8 Å². The molecule has 2 amide bonds. The summed E-state index contributed by atoms with van der Waals surface area (Å²) in [7, 11) is 0. The van der Waals surface area contributed by atoms with Gasteiger partial charge in [-0.3, -0.25) is 9.59 Å². The highest BCUT2D eigenvalue weighted by Gasteiger charge is 2.35. The first-order chi connectivity index (χ1) is 17.5. The Morgan fingerprint density at radius 2 is 1.67 bits per heavy atom. The van der Waals surface area contributed by atoms with E-state index in [0.717, 1.165) is 17.5 Å². The van der Waals surface area contributed by atoms with Gasteiger partial charge in [-0.15, -0.1) is 0 Å². The van der Waals surface area contributed by atoms with Crippen LogP contribution in [0.15, 0.2) is 66.7 Å². The number of aryl methyl sites for hydroxylation is 1. The Balaban J connectivity index is 1.33. The van der Waals surface area contributed by atoms with Crippen LogP contribution in [0.3, 0.4) is 0 Å². The average molecular weight is 489 g/mol. The number of piperidine rings is 1. The zero-order valence-corrected chi connectivity index (χ0v) is 20.2. The Morgan fingerprint density at radius 1 is 0.944 bits per heavy atom. The molecule has 7 heteroatoms. The Hall–Kier alpha value is -3.87. The van der Waals surface area contributed by atoms with Crippen molar-refractivity contribution in [1.82, 2.24) is 10.2 Å². The van der Waals surface area contributed by atoms with Crippen molar-refractivity contribution in [2.24, 2.45) is 5.92 Å². The average Bonchev–Trinajstić information content (AvgIpc) is 3.39. The number of rotatable bonds is 6. The molecule has 2 aliphatic rings. The first-order valence-electron chi connectivity index (χ1n) is 12.3. The molecule has 0 spiro atoms. The third-order valence-corrected chi connectivity index (χ3v) is 6.96. The lowest BCUT2D eigenvalue weighted by atomic mass is 9.83. The van der Waals surface area contributed by atoms with Gasteiger partial charge < -0.3 is 19.7 Å². The summed E-state index contributed by atoms with van der Waals surface area (Å²) in [6.07, 6.45) is 1.59. The molecular formula is C29H29FN2O4. The molecule has 3 aromatic carbocycles. The third kappa shape index (κ3) is 5.20. The smallest absolute Gasteiger partial charge is 0.253 e. The largest absolute Gasteiger partial charge is 0.454 e. The van der Waals surface area contributed by atoms with Crippen LogP contribution >= 0.6 is 0 Å². The lowest BCUT2D eigenvalue weighted by Crippen LogP contribution is -2.48. The number of nitrogens with one attached hydrogen (secondary N) is 1. The van der Waals surface area contributed by atoms with Crippen LogP contribution in [0.2, 0.25) is 0 Å². The molecule has 36 heavy (non-hydrogen) atoms. The highest BCUT2D eigenvalue weighted by atomic mass is 19.1. The molecule has 0 bridgehead atoms. The molecule has 0 aliphatic carbocycles. The predicted octanol–water partition coefficient (Wildman–Crippen LogP) is 4.68. The van der Waals surface area contributed by atoms with Gasteiger partial charge in [0.1, 0.15) is 5.82 Å². The number of fused-ring (bicyclic) bond motifs is 1. The second-order valence-electron chi connectivity index (χ2n) is 9.35. The van der Waals surface area contributed by atoms with E-state index in [1.807, 2.05) is 18.2 Å². The number of benzene rings is 3. The number of hydrogen-bond acceptors (Lipinski definition) is 4. The molecule has 1 saturated heterocycles. The van der Waals surface area contributed by atoms with Gasteiger partial charge in [0.25, 0.3) is 5.91 Å². The van der Waals surface area contributed by atoms with Crippen LogP contribution in [-0.4, -0.2) is 36.6 Å². The van der Waals surface area contributed by atoms with E-state index in [4.69, 9.17) is 9.47 Å². The topological polar surface area (TPSA) is 67.9 Å². The number of carbonyl (C=O) groups excluding carboxylic acids is 2. The number of ether oxygens (including phenoxy) is 2. The molecule has 6 nitrogen and oxygen atoms in total. The summed E-state index contributed by atoms with van der Waals surface area (Å²) >= 11 is 0. The highest BCUT2D eigenvalue weighted by molar-refractivity contribution is 5.94. The number of likely N-dealkylation sites (tertiary alicyclic amines) is 1. The molecule has 0 unspecified atom stereocenters. The quantitative estimate of drug-likeness (QED) is 0.547. The van der Waals surface area contributed by atoms with Crippen molar-refractivity contribution in [3.05, 3.63) is 94.8 Å². The third-order valence-electron chi connectivity index (χ3n) is 6.96. The van der Waals surface area contributed by atoms with Gasteiger partial charge in [0.15, 0.2) is 11.5 Å². The van der Waals surface area contributed by atoms with Crippen molar-refractivity contribution in [2.75, 3.05) is 19.9 Å². The van der Waals surface area contributed by atoms with Gasteiger partial charge in [-0.25, -0.2) is 4.39 Å². The number of amides is 2. The van der Waals surface area contributed by atoms with Crippen LogP contribution in [0.25, 0.3) is 0 Å². The monoisotopic (exact) mass is 488 g/mol. The van der Waals surface area contributed by atoms with Crippen LogP contribution in [0.4, 0.5) is 4.39 Å². The fraction of sp³-hybridized carbons (Fsp3) is 0.310. The number of carbonyl (C=O) groups is 2. The summed E-state index contributed by atoms with van der Waals surface area (Å²) in [5.41, 5.74) is 3.68. The Morgan fingerprint density at radius 3 is 2.42 bits per heavy atom. The molecule has 0 aromatic heterocycles. The lowest BCUT2D eigenvalue weighted by molar-refractivity contribution is -0.126. The Labute approximate surface area is 210 Å². The summed E-state index contributed by atoms with van der Waals surface area (Å²) in [5.74, 6) is 0.344. The van der Waals surface area contributed by atoms with E-state index >= 15 is 0 Å². The van der Waals surface area contributed by atoms with Gasteiger partial charge in [-0.2, -0.15) is 0 Å². The molecular weight excluding hydrogens is 459 g/mol. The molecule has 1 N–H and O–H groups in total. The van der Waals surface area contributed by atoms with E-state index in [1.54, 1.807) is 4.90 Å². The van der Waals surface area contributed by atoms with Gasteiger partial charge >= 0.3 is 0 Å². The molecule has 2 aliphatic heterocycles. The summed E-state index contributed by atoms with van der Waals surface area (Å²) in [6.45, 7) is 3.49. The van der Waals surface area contributed by atoms with E-state index in [0.29, 0.717) is 43.1 Å². The van der Waals surface area contributed by atoms with E-state index < -0.39 is 0 Å². The molecule has 0 radical (unpaired) electrons. The van der Waals surface area contributed by atoms with Crippen LogP contribution in [-0.2, 0) is 17.8 Å². The maximum atomic E-state index is 13.4. The first kappa shape index (κ1) is 23.9. The SMILES string of the molecule is CCc1ccc([C@H]2C[C@@H](C(=O)NCc3ccc4c(c3)OCO4)CN(C(=O)c3ccc(F)cc3)C2)cc1. The second-order valence-corrected chi connectivity index (χ2v) is 9.35. The van der Waals surface area contributed by atoms with E-state index in [2.05, 4.69) is 36.5 Å². The Kier molecular flexibility index (Phi) is 6.89. The summed E-state index contributed by atoms with van der Waals surface area (Å²) in [4.78, 5) is 28.3. The predicted molar refractivity (Wildman–Crippen MR) is 133 cm³/mol. The molecule has 2 heterocycles. The van der Waals surface area contributed by atoms with E-state index in [1.165, 1.54) is 29.8 Å². The van der Waals surface area contributed by atoms with Crippen molar-refractivity contribution in [1.29, 1.82) is 0 Å². The van der Waals surface area contributed by atoms with Gasteiger partial charge in [-0.05, 0) is 65.9 Å². The van der Waals surface area contributed by atoms with Crippen LogP contribution in [0.5, 0.6) is 11.5 Å². The summed E-state index contributed by atoms with van der Waals surface area (Å²) in [6, 6.07) is 19.6. The maximum Gasteiger partial charge on any atom is 0.253 e. The molecule has 2 atom stereocenters. The lowest BCUT2D eigenvalue weighted by Gasteiger charge is -2.37. The number of nitrogens with zero attached hydrogens (tertiary/aromatic N) is 1. The Bertz CT molecular complexity index is 1240. The number of halogens is 1.